The summed E-state index contributed by atoms with van der Waals surface area (Å²) < 4.78 is 5.09. The van der Waals surface area contributed by atoms with Crippen molar-refractivity contribution in [2.24, 2.45) is 5.10 Å². The molecule has 3 rings (SSSR count). The molecule has 1 aliphatic heterocycles. The van der Waals surface area contributed by atoms with E-state index in [0.717, 1.165) is 21.0 Å². The lowest BCUT2D eigenvalue weighted by atomic mass is 10.1. The van der Waals surface area contributed by atoms with Gasteiger partial charge in [0.05, 0.1) is 23.2 Å². The first kappa shape index (κ1) is 20.7. The molecule has 8 heteroatoms. The van der Waals surface area contributed by atoms with Gasteiger partial charge in [-0.2, -0.15) is 5.10 Å². The van der Waals surface area contributed by atoms with E-state index in [9.17, 15) is 9.59 Å². The van der Waals surface area contributed by atoms with Gasteiger partial charge in [0.15, 0.2) is 0 Å². The fraction of sp³-hybridized carbons (Fsp3) is 0.450. The van der Waals surface area contributed by atoms with Crippen molar-refractivity contribution in [3.63, 3.8) is 0 Å². The first-order chi connectivity index (χ1) is 13.5. The van der Waals surface area contributed by atoms with Crippen molar-refractivity contribution in [3.8, 4) is 0 Å². The predicted molar refractivity (Wildman–Crippen MR) is 113 cm³/mol. The van der Waals surface area contributed by atoms with Crippen LogP contribution in [0.2, 0.25) is 0 Å². The van der Waals surface area contributed by atoms with E-state index < -0.39 is 0 Å². The number of hydrogen-bond acceptors (Lipinski definition) is 6. The predicted octanol–water partition coefficient (Wildman–Crippen LogP) is 3.68. The molecule has 0 aromatic carbocycles. The lowest BCUT2D eigenvalue weighted by molar-refractivity contribution is -0.141. The number of ether oxygens (including phenoxy) is 1. The van der Waals surface area contributed by atoms with Gasteiger partial charge in [-0.25, -0.2) is 5.01 Å². The van der Waals surface area contributed by atoms with Gasteiger partial charge in [-0.15, -0.1) is 22.7 Å². The van der Waals surface area contributed by atoms with Gasteiger partial charge in [-0.3, -0.25) is 9.59 Å². The Hall–Kier alpha value is -2.03. The summed E-state index contributed by atoms with van der Waals surface area (Å²) in [5, 5.41) is 10.3. The zero-order valence-electron chi connectivity index (χ0n) is 16.4. The maximum atomic E-state index is 13.2. The number of carbonyl (C=O) groups is 2. The zero-order valence-corrected chi connectivity index (χ0v) is 18.0. The average Bonchev–Trinajstić information content (AvgIpc) is 3.43. The van der Waals surface area contributed by atoms with Crippen LogP contribution in [0.3, 0.4) is 0 Å². The largest absolute Gasteiger partial charge is 0.383 e. The number of aryl methyl sites for hydroxylation is 1. The molecule has 0 radical (unpaired) electrons. The SMILES string of the molecule is CCC(=O)N(CCOC)CC(=O)N1N=C(c2cccs2)C[C@@H]1c1sccc1C. The Morgan fingerprint density at radius 2 is 2.14 bits per heavy atom. The maximum Gasteiger partial charge on any atom is 0.262 e. The number of carbonyl (C=O) groups excluding carboxylic acids is 2. The molecule has 6 nitrogen and oxygen atoms in total. The van der Waals surface area contributed by atoms with Crippen LogP contribution in [0.4, 0.5) is 0 Å². The monoisotopic (exact) mass is 419 g/mol. The van der Waals surface area contributed by atoms with Crippen molar-refractivity contribution in [2.75, 3.05) is 26.8 Å². The Labute approximate surface area is 173 Å². The van der Waals surface area contributed by atoms with Crippen LogP contribution in [0.1, 0.15) is 41.1 Å². The van der Waals surface area contributed by atoms with E-state index in [1.54, 1.807) is 46.6 Å². The van der Waals surface area contributed by atoms with Crippen LogP contribution in [0, 0.1) is 6.92 Å². The van der Waals surface area contributed by atoms with Crippen molar-refractivity contribution in [2.45, 2.75) is 32.7 Å². The third kappa shape index (κ3) is 4.51. The average molecular weight is 420 g/mol. The molecule has 0 fully saturated rings. The summed E-state index contributed by atoms with van der Waals surface area (Å²) in [5.74, 6) is -0.224. The van der Waals surface area contributed by atoms with Crippen LogP contribution in [0.5, 0.6) is 0 Å². The van der Waals surface area contributed by atoms with E-state index in [-0.39, 0.29) is 24.4 Å². The third-order valence-electron chi connectivity index (χ3n) is 4.72. The molecule has 2 aromatic heterocycles. The van der Waals surface area contributed by atoms with Crippen LogP contribution in [0.25, 0.3) is 0 Å². The molecule has 28 heavy (non-hydrogen) atoms. The second-order valence-electron chi connectivity index (χ2n) is 6.61. The topological polar surface area (TPSA) is 62.2 Å². The third-order valence-corrected chi connectivity index (χ3v) is 6.76. The quantitative estimate of drug-likeness (QED) is 0.656. The van der Waals surface area contributed by atoms with Gasteiger partial charge < -0.3 is 9.64 Å². The molecule has 0 aliphatic carbocycles. The second-order valence-corrected chi connectivity index (χ2v) is 8.51. The van der Waals surface area contributed by atoms with Crippen LogP contribution in [-0.2, 0) is 14.3 Å². The summed E-state index contributed by atoms with van der Waals surface area (Å²) >= 11 is 3.27. The van der Waals surface area contributed by atoms with E-state index in [1.165, 1.54) is 0 Å². The molecule has 2 amide bonds. The molecule has 1 aliphatic rings. The van der Waals surface area contributed by atoms with Crippen LogP contribution >= 0.6 is 22.7 Å². The molecule has 2 aromatic rings. The lowest BCUT2D eigenvalue weighted by Gasteiger charge is -2.26. The van der Waals surface area contributed by atoms with E-state index in [4.69, 9.17) is 4.74 Å². The van der Waals surface area contributed by atoms with Crippen LogP contribution in [0.15, 0.2) is 34.1 Å². The summed E-state index contributed by atoms with van der Waals surface area (Å²) in [5.41, 5.74) is 2.09. The lowest BCUT2D eigenvalue weighted by Crippen LogP contribution is -2.42. The number of rotatable bonds is 8. The van der Waals surface area contributed by atoms with Gasteiger partial charge in [-0.1, -0.05) is 13.0 Å². The van der Waals surface area contributed by atoms with Gasteiger partial charge in [0.1, 0.15) is 6.54 Å². The molecule has 3 heterocycles. The summed E-state index contributed by atoms with van der Waals surface area (Å²) in [7, 11) is 1.59. The normalized spacial score (nSPS) is 16.3. The first-order valence-electron chi connectivity index (χ1n) is 9.29. The molecule has 0 bridgehead atoms. The molecular weight excluding hydrogens is 394 g/mol. The highest BCUT2D eigenvalue weighted by molar-refractivity contribution is 7.12. The van der Waals surface area contributed by atoms with E-state index in [2.05, 4.69) is 18.1 Å². The number of methoxy groups -OCH3 is 1. The second kappa shape index (κ2) is 9.45. The zero-order chi connectivity index (χ0) is 20.1. The van der Waals surface area contributed by atoms with Crippen molar-refractivity contribution in [3.05, 3.63) is 44.3 Å². The van der Waals surface area contributed by atoms with Gasteiger partial charge in [0, 0.05) is 31.4 Å². The minimum Gasteiger partial charge on any atom is -0.383 e. The molecule has 0 spiro atoms. The molecule has 0 N–H and O–H groups in total. The molecule has 0 unspecified atom stereocenters. The van der Waals surface area contributed by atoms with Crippen molar-refractivity contribution < 1.29 is 14.3 Å². The molecule has 150 valence electrons. The molecule has 1 atom stereocenters. The highest BCUT2D eigenvalue weighted by Gasteiger charge is 2.35. The number of nitrogens with zero attached hydrogens (tertiary/aromatic N) is 3. The highest BCUT2D eigenvalue weighted by atomic mass is 32.1. The summed E-state index contributed by atoms with van der Waals surface area (Å²) in [6.45, 7) is 4.66. The Bertz CT molecular complexity index is 845. The number of hydrazone groups is 1. The van der Waals surface area contributed by atoms with E-state index >= 15 is 0 Å². The number of thiophene rings is 2. The Balaban J connectivity index is 1.84. The fourth-order valence-electron chi connectivity index (χ4n) is 3.21. The van der Waals surface area contributed by atoms with Crippen molar-refractivity contribution >= 4 is 40.2 Å². The summed E-state index contributed by atoms with van der Waals surface area (Å²) in [4.78, 5) is 29.2. The van der Waals surface area contributed by atoms with Gasteiger partial charge >= 0.3 is 0 Å². The van der Waals surface area contributed by atoms with Crippen LogP contribution in [-0.4, -0.2) is 54.2 Å². The maximum absolute atomic E-state index is 13.2. The Morgan fingerprint density at radius 1 is 1.32 bits per heavy atom. The smallest absolute Gasteiger partial charge is 0.262 e. The highest BCUT2D eigenvalue weighted by Crippen LogP contribution is 2.37. The minimum absolute atomic E-state index is 0.0121. The minimum atomic E-state index is -0.165. The first-order valence-corrected chi connectivity index (χ1v) is 11.0. The Morgan fingerprint density at radius 3 is 2.75 bits per heavy atom. The van der Waals surface area contributed by atoms with E-state index in [0.29, 0.717) is 26.0 Å². The fourth-order valence-corrected chi connectivity index (χ4v) is 4.95. The number of amides is 2. The Kier molecular flexibility index (Phi) is 6.98. The van der Waals surface area contributed by atoms with Crippen LogP contribution < -0.4 is 0 Å². The molecule has 0 saturated heterocycles. The molecule has 0 saturated carbocycles. The summed E-state index contributed by atoms with van der Waals surface area (Å²) in [6.07, 6.45) is 1.04. The summed E-state index contributed by atoms with van der Waals surface area (Å²) in [6, 6.07) is 5.97. The van der Waals surface area contributed by atoms with E-state index in [1.807, 2.05) is 22.9 Å². The van der Waals surface area contributed by atoms with Gasteiger partial charge in [0.25, 0.3) is 5.91 Å². The van der Waals surface area contributed by atoms with Crippen molar-refractivity contribution in [1.29, 1.82) is 0 Å². The standard InChI is InChI=1S/C20H25N3O3S2/c1-4-18(24)22(8-9-26-3)13-19(25)23-16(20-14(2)7-11-28-20)12-15(21-23)17-6-5-10-27-17/h5-7,10-11,16H,4,8-9,12-13H2,1-3H3/t16-/m1/s1. The molecular formula is C20H25N3O3S2. The van der Waals surface area contributed by atoms with Gasteiger partial charge in [-0.05, 0) is 35.4 Å². The van der Waals surface area contributed by atoms with Gasteiger partial charge in [0.2, 0.25) is 5.91 Å². The van der Waals surface area contributed by atoms with Crippen molar-refractivity contribution in [1.82, 2.24) is 9.91 Å². The number of hydrogen-bond donors (Lipinski definition) is 0.